The van der Waals surface area contributed by atoms with Crippen LogP contribution in [0.4, 0.5) is 16.2 Å². The molecule has 7 heteroatoms. The Hall–Kier alpha value is -2.31. The highest BCUT2D eigenvalue weighted by Gasteiger charge is 2.35. The monoisotopic (exact) mass is 335 g/mol. The van der Waals surface area contributed by atoms with E-state index < -0.39 is 11.6 Å². The third-order valence-electron chi connectivity index (χ3n) is 4.45. The highest BCUT2D eigenvalue weighted by atomic mass is 16.6. The number of nitrogens with zero attached hydrogens (tertiary/aromatic N) is 2. The molecule has 1 aromatic carbocycles. The van der Waals surface area contributed by atoms with Crippen molar-refractivity contribution in [1.29, 1.82) is 0 Å². The summed E-state index contributed by atoms with van der Waals surface area (Å²) < 4.78 is 0. The van der Waals surface area contributed by atoms with Crippen molar-refractivity contribution in [2.24, 2.45) is 0 Å². The van der Waals surface area contributed by atoms with Gasteiger partial charge in [-0.2, -0.15) is 0 Å². The molecule has 7 nitrogen and oxygen atoms in total. The van der Waals surface area contributed by atoms with Gasteiger partial charge >= 0.3 is 6.09 Å². The molecule has 2 N–H and O–H groups in total. The lowest BCUT2D eigenvalue weighted by molar-refractivity contribution is -0.384. The van der Waals surface area contributed by atoms with Crippen molar-refractivity contribution in [2.75, 3.05) is 5.32 Å². The van der Waals surface area contributed by atoms with Crippen LogP contribution in [0.15, 0.2) is 24.3 Å². The van der Waals surface area contributed by atoms with Crippen molar-refractivity contribution in [3.63, 3.8) is 0 Å². The van der Waals surface area contributed by atoms with E-state index in [9.17, 15) is 20.0 Å². The van der Waals surface area contributed by atoms with E-state index in [1.54, 1.807) is 18.2 Å². The van der Waals surface area contributed by atoms with Crippen LogP contribution in [0.3, 0.4) is 0 Å². The van der Waals surface area contributed by atoms with E-state index in [1.807, 2.05) is 20.8 Å². The van der Waals surface area contributed by atoms with Crippen molar-refractivity contribution in [3.8, 4) is 0 Å². The molecule has 0 radical (unpaired) electrons. The first-order valence-corrected chi connectivity index (χ1v) is 8.22. The molecule has 0 atom stereocenters. The molecule has 1 aliphatic rings. The molecule has 1 amide bonds. The van der Waals surface area contributed by atoms with Gasteiger partial charge in [-0.15, -0.1) is 0 Å². The van der Waals surface area contributed by atoms with Crippen LogP contribution in [0.1, 0.15) is 46.5 Å². The summed E-state index contributed by atoms with van der Waals surface area (Å²) in [5, 5.41) is 23.8. The first-order valence-electron chi connectivity index (χ1n) is 8.22. The normalized spacial score (nSPS) is 21.1. The second-order valence-electron chi connectivity index (χ2n) is 7.25. The Labute approximate surface area is 141 Å². The third-order valence-corrected chi connectivity index (χ3v) is 4.45. The zero-order valence-corrected chi connectivity index (χ0v) is 14.4. The maximum absolute atomic E-state index is 11.6. The Morgan fingerprint density at radius 2 is 1.83 bits per heavy atom. The molecule has 1 fully saturated rings. The lowest BCUT2D eigenvalue weighted by Crippen LogP contribution is -2.52. The van der Waals surface area contributed by atoms with Gasteiger partial charge in [0.2, 0.25) is 0 Å². The summed E-state index contributed by atoms with van der Waals surface area (Å²) in [6, 6.07) is 6.73. The Morgan fingerprint density at radius 1 is 1.25 bits per heavy atom. The van der Waals surface area contributed by atoms with Crippen LogP contribution in [0, 0.1) is 10.1 Å². The number of amides is 1. The van der Waals surface area contributed by atoms with Crippen LogP contribution < -0.4 is 5.32 Å². The van der Waals surface area contributed by atoms with Crippen LogP contribution in [0.2, 0.25) is 0 Å². The summed E-state index contributed by atoms with van der Waals surface area (Å²) in [4.78, 5) is 23.8. The molecule has 24 heavy (non-hydrogen) atoms. The molecule has 0 aromatic heterocycles. The Morgan fingerprint density at radius 3 is 2.33 bits per heavy atom. The van der Waals surface area contributed by atoms with Crippen LogP contribution in [0.25, 0.3) is 0 Å². The van der Waals surface area contributed by atoms with E-state index in [-0.39, 0.29) is 22.7 Å². The maximum atomic E-state index is 11.6. The predicted molar refractivity (Wildman–Crippen MR) is 92.4 cm³/mol. The quantitative estimate of drug-likeness (QED) is 0.638. The van der Waals surface area contributed by atoms with Crippen molar-refractivity contribution >= 4 is 17.5 Å². The highest BCUT2D eigenvalue weighted by molar-refractivity contribution is 5.66. The lowest BCUT2D eigenvalue weighted by Gasteiger charge is -2.42. The number of benzene rings is 1. The number of nitrogens with one attached hydrogen (secondary N) is 1. The molecule has 132 valence electrons. The van der Waals surface area contributed by atoms with Gasteiger partial charge in [-0.25, -0.2) is 4.79 Å². The fourth-order valence-electron chi connectivity index (χ4n) is 3.44. The molecular formula is C17H25N3O4. The van der Waals surface area contributed by atoms with Crippen LogP contribution in [0.5, 0.6) is 0 Å². The number of hydrogen-bond acceptors (Lipinski definition) is 4. The largest absolute Gasteiger partial charge is 0.465 e. The fraction of sp³-hybridized carbons (Fsp3) is 0.588. The summed E-state index contributed by atoms with van der Waals surface area (Å²) in [6.07, 6.45) is 2.19. The van der Waals surface area contributed by atoms with Crippen molar-refractivity contribution in [3.05, 3.63) is 34.4 Å². The summed E-state index contributed by atoms with van der Waals surface area (Å²) in [5.74, 6) is 0. The number of carbonyl (C=O) groups is 1. The number of para-hydroxylation sites is 2. The number of hydrogen-bond donors (Lipinski definition) is 2. The topological polar surface area (TPSA) is 95.7 Å². The van der Waals surface area contributed by atoms with Gasteiger partial charge < -0.3 is 15.3 Å². The van der Waals surface area contributed by atoms with Gasteiger partial charge in [0.15, 0.2) is 0 Å². The Balaban J connectivity index is 2.01. The van der Waals surface area contributed by atoms with Gasteiger partial charge in [0, 0.05) is 23.7 Å². The number of anilines is 1. The van der Waals surface area contributed by atoms with E-state index in [0.29, 0.717) is 5.69 Å². The van der Waals surface area contributed by atoms with Gasteiger partial charge in [0.25, 0.3) is 5.69 Å². The predicted octanol–water partition coefficient (Wildman–Crippen LogP) is 4.10. The minimum atomic E-state index is -0.891. The number of carboxylic acid groups (broad SMARTS) is 1. The van der Waals surface area contributed by atoms with E-state index in [2.05, 4.69) is 5.32 Å². The lowest BCUT2D eigenvalue weighted by atomic mass is 9.88. The molecule has 2 rings (SSSR count). The van der Waals surface area contributed by atoms with Gasteiger partial charge in [-0.05, 0) is 52.5 Å². The minimum absolute atomic E-state index is 0.00805. The summed E-state index contributed by atoms with van der Waals surface area (Å²) >= 11 is 0. The molecule has 0 aliphatic heterocycles. The number of nitro groups is 1. The molecule has 0 bridgehead atoms. The van der Waals surface area contributed by atoms with E-state index >= 15 is 0 Å². The molecule has 0 unspecified atom stereocenters. The van der Waals surface area contributed by atoms with E-state index in [4.69, 9.17) is 0 Å². The van der Waals surface area contributed by atoms with Crippen molar-refractivity contribution in [1.82, 2.24) is 4.90 Å². The van der Waals surface area contributed by atoms with Crippen molar-refractivity contribution < 1.29 is 14.8 Å². The summed E-state index contributed by atoms with van der Waals surface area (Å²) in [5.41, 5.74) is 0.160. The average Bonchev–Trinajstić information content (AvgIpc) is 2.47. The minimum Gasteiger partial charge on any atom is -0.465 e. The molecular weight excluding hydrogens is 310 g/mol. The van der Waals surface area contributed by atoms with Crippen molar-refractivity contribution in [2.45, 2.75) is 64.1 Å². The second kappa shape index (κ2) is 7.07. The molecule has 1 aliphatic carbocycles. The second-order valence-corrected chi connectivity index (χ2v) is 7.25. The molecule has 1 aromatic rings. The number of rotatable bonds is 4. The zero-order chi connectivity index (χ0) is 17.9. The SMILES string of the molecule is CC(C)(C)N(C(=O)O)[C@H]1CC[C@H](Nc2ccccc2[N+](=O)[O-])CC1. The summed E-state index contributed by atoms with van der Waals surface area (Å²) in [7, 11) is 0. The first kappa shape index (κ1) is 18.0. The summed E-state index contributed by atoms with van der Waals surface area (Å²) in [6.45, 7) is 5.70. The maximum Gasteiger partial charge on any atom is 0.407 e. The molecule has 0 heterocycles. The Kier molecular flexibility index (Phi) is 5.31. The van der Waals surface area contributed by atoms with Crippen LogP contribution in [-0.2, 0) is 0 Å². The van der Waals surface area contributed by atoms with Gasteiger partial charge in [-0.1, -0.05) is 12.1 Å². The third kappa shape index (κ3) is 4.15. The molecule has 1 saturated carbocycles. The Bertz CT molecular complexity index is 604. The number of nitro benzene ring substituents is 1. The van der Waals surface area contributed by atoms with E-state index in [0.717, 1.165) is 25.7 Å². The standard InChI is InChI=1S/C17H25N3O4/c1-17(2,3)19(16(21)22)13-10-8-12(9-11-13)18-14-6-4-5-7-15(14)20(23)24/h4-7,12-13,18H,8-11H2,1-3H3,(H,21,22)/t12-,13-. The first-order chi connectivity index (χ1) is 11.2. The van der Waals surface area contributed by atoms with Gasteiger partial charge in [-0.3, -0.25) is 10.1 Å². The van der Waals surface area contributed by atoms with E-state index in [1.165, 1.54) is 11.0 Å². The van der Waals surface area contributed by atoms with Crippen LogP contribution >= 0.6 is 0 Å². The smallest absolute Gasteiger partial charge is 0.407 e. The zero-order valence-electron chi connectivity index (χ0n) is 14.4. The fourth-order valence-corrected chi connectivity index (χ4v) is 3.44. The van der Waals surface area contributed by atoms with Gasteiger partial charge in [0.1, 0.15) is 5.69 Å². The molecule has 0 spiro atoms. The molecule has 0 saturated heterocycles. The van der Waals surface area contributed by atoms with Crippen LogP contribution in [-0.4, -0.2) is 38.6 Å². The highest BCUT2D eigenvalue weighted by Crippen LogP contribution is 2.32. The average molecular weight is 335 g/mol. The van der Waals surface area contributed by atoms with Gasteiger partial charge in [0.05, 0.1) is 4.92 Å².